The molecule has 3 aromatic rings. The number of hydrogen-bond acceptors (Lipinski definition) is 5. The topological polar surface area (TPSA) is 61.7 Å². The predicted octanol–water partition coefficient (Wildman–Crippen LogP) is 3.35. The number of likely N-dealkylation sites (N-methyl/N-ethyl adjacent to an activating group) is 1. The minimum absolute atomic E-state index is 0.0234. The fourth-order valence-electron chi connectivity index (χ4n) is 5.90. The molecule has 0 bridgehead atoms. The van der Waals surface area contributed by atoms with Crippen LogP contribution >= 0.6 is 0 Å². The molecule has 1 spiro atoms. The maximum atomic E-state index is 13.9. The third kappa shape index (κ3) is 3.33. The Bertz CT molecular complexity index is 1280. The predicted molar refractivity (Wildman–Crippen MR) is 134 cm³/mol. The fourth-order valence-corrected chi connectivity index (χ4v) is 5.90. The van der Waals surface area contributed by atoms with E-state index in [2.05, 4.69) is 41.1 Å². The molecule has 1 aliphatic carbocycles. The number of aromatic nitrogens is 2. The van der Waals surface area contributed by atoms with Gasteiger partial charge >= 0.3 is 0 Å². The number of fused-ring (bicyclic) bond motifs is 3. The summed E-state index contributed by atoms with van der Waals surface area (Å²) < 4.78 is 1.73. The van der Waals surface area contributed by atoms with E-state index in [-0.39, 0.29) is 11.5 Å². The largest absolute Gasteiger partial charge is 0.369 e. The summed E-state index contributed by atoms with van der Waals surface area (Å²) in [7, 11) is 2.16. The molecule has 1 amide bonds. The van der Waals surface area contributed by atoms with Crippen molar-refractivity contribution in [3.05, 3.63) is 64.4 Å². The molecule has 2 aromatic carbocycles. The molecule has 1 aromatic heterocycles. The van der Waals surface area contributed by atoms with E-state index in [0.29, 0.717) is 36.2 Å². The highest BCUT2D eigenvalue weighted by Crippen LogP contribution is 2.43. The van der Waals surface area contributed by atoms with E-state index in [1.807, 2.05) is 24.3 Å². The van der Waals surface area contributed by atoms with Crippen molar-refractivity contribution in [2.45, 2.75) is 44.2 Å². The van der Waals surface area contributed by atoms with Crippen LogP contribution in [0.3, 0.4) is 0 Å². The molecule has 7 nitrogen and oxygen atoms in total. The van der Waals surface area contributed by atoms with Gasteiger partial charge in [0.15, 0.2) is 0 Å². The Hall–Kier alpha value is -3.19. The molecule has 6 rings (SSSR count). The number of benzene rings is 2. The summed E-state index contributed by atoms with van der Waals surface area (Å²) >= 11 is 0. The van der Waals surface area contributed by atoms with Crippen LogP contribution in [0.25, 0.3) is 10.9 Å². The molecule has 0 radical (unpaired) electrons. The number of nitrogens with zero attached hydrogens (tertiary/aromatic N) is 5. The van der Waals surface area contributed by atoms with Crippen molar-refractivity contribution < 1.29 is 4.79 Å². The molecule has 176 valence electrons. The summed E-state index contributed by atoms with van der Waals surface area (Å²) in [6, 6.07) is 15.9. The molecule has 0 N–H and O–H groups in total. The second-order valence-corrected chi connectivity index (χ2v) is 10.0. The van der Waals surface area contributed by atoms with E-state index < -0.39 is 5.54 Å². The van der Waals surface area contributed by atoms with Crippen molar-refractivity contribution in [2.24, 2.45) is 0 Å². The summed E-state index contributed by atoms with van der Waals surface area (Å²) in [4.78, 5) is 38.9. The molecule has 34 heavy (non-hydrogen) atoms. The zero-order valence-electron chi connectivity index (χ0n) is 19.7. The quantitative estimate of drug-likeness (QED) is 0.604. The van der Waals surface area contributed by atoms with Crippen molar-refractivity contribution >= 4 is 28.4 Å². The van der Waals surface area contributed by atoms with Crippen LogP contribution in [0.15, 0.2) is 53.3 Å². The second-order valence-electron chi connectivity index (χ2n) is 10.0. The Morgan fingerprint density at radius 1 is 0.882 bits per heavy atom. The number of rotatable bonds is 3. The number of hydrogen-bond donors (Lipinski definition) is 0. The van der Waals surface area contributed by atoms with Crippen molar-refractivity contribution in [2.75, 3.05) is 43.0 Å². The van der Waals surface area contributed by atoms with Crippen molar-refractivity contribution in [1.82, 2.24) is 14.5 Å². The number of anilines is 2. The standard InChI is InChI=1S/C27H31N5O2/c1-29-15-17-30(18-16-29)21-11-9-20(10-12-21)19-31-25(34)27(13-5-2-6-14-27)32-24(33)22-7-3-4-8-23(22)28-26(31)32/h3-4,7-12H,2,5-6,13-19H2,1H3. The van der Waals surface area contributed by atoms with Crippen molar-refractivity contribution in [3.63, 3.8) is 0 Å². The molecule has 0 atom stereocenters. The van der Waals surface area contributed by atoms with Gasteiger partial charge in [-0.25, -0.2) is 4.98 Å². The van der Waals surface area contributed by atoms with Gasteiger partial charge in [-0.05, 0) is 49.7 Å². The first-order chi connectivity index (χ1) is 16.6. The molecule has 1 saturated carbocycles. The summed E-state index contributed by atoms with van der Waals surface area (Å²) in [5, 5.41) is 0.586. The first-order valence-electron chi connectivity index (χ1n) is 12.4. The van der Waals surface area contributed by atoms with Crippen LogP contribution in [-0.4, -0.2) is 53.6 Å². The summed E-state index contributed by atoms with van der Waals surface area (Å²) in [5.74, 6) is 0.522. The summed E-state index contributed by atoms with van der Waals surface area (Å²) in [5.41, 5.74) is 2.03. The van der Waals surface area contributed by atoms with Crippen LogP contribution in [-0.2, 0) is 16.9 Å². The first-order valence-corrected chi connectivity index (χ1v) is 12.4. The average molecular weight is 458 g/mol. The number of amides is 1. The summed E-state index contributed by atoms with van der Waals surface area (Å²) in [6.45, 7) is 4.61. The van der Waals surface area contributed by atoms with Gasteiger partial charge in [0.05, 0.1) is 17.4 Å². The van der Waals surface area contributed by atoms with Gasteiger partial charge in [0, 0.05) is 31.9 Å². The Kier molecular flexibility index (Phi) is 5.17. The van der Waals surface area contributed by atoms with E-state index in [1.54, 1.807) is 9.47 Å². The van der Waals surface area contributed by atoms with Crippen molar-refractivity contribution in [1.29, 1.82) is 0 Å². The van der Waals surface area contributed by atoms with Crippen LogP contribution in [0.2, 0.25) is 0 Å². The van der Waals surface area contributed by atoms with Gasteiger partial charge in [-0.3, -0.25) is 19.1 Å². The van der Waals surface area contributed by atoms with Gasteiger partial charge in [0.2, 0.25) is 5.95 Å². The molecule has 0 unspecified atom stereocenters. The Morgan fingerprint density at radius 2 is 1.59 bits per heavy atom. The monoisotopic (exact) mass is 457 g/mol. The van der Waals surface area contributed by atoms with Crippen LogP contribution < -0.4 is 15.4 Å². The number of carbonyl (C=O) groups excluding carboxylic acids is 1. The lowest BCUT2D eigenvalue weighted by Crippen LogP contribution is -2.47. The van der Waals surface area contributed by atoms with Gasteiger partial charge in [0.1, 0.15) is 5.54 Å². The molecule has 3 aliphatic rings. The highest BCUT2D eigenvalue weighted by Gasteiger charge is 2.52. The lowest BCUT2D eigenvalue weighted by Gasteiger charge is -2.34. The smallest absolute Gasteiger partial charge is 0.263 e. The zero-order chi connectivity index (χ0) is 23.3. The Labute approximate surface area is 199 Å². The number of carbonyl (C=O) groups is 1. The Morgan fingerprint density at radius 3 is 2.32 bits per heavy atom. The van der Waals surface area contributed by atoms with Crippen LogP contribution in [0.1, 0.15) is 37.7 Å². The van der Waals surface area contributed by atoms with Crippen LogP contribution in [0.5, 0.6) is 0 Å². The number of piperazine rings is 1. The van der Waals surface area contributed by atoms with E-state index >= 15 is 0 Å². The highest BCUT2D eigenvalue weighted by molar-refractivity contribution is 6.02. The molecule has 7 heteroatoms. The fraction of sp³-hybridized carbons (Fsp3) is 0.444. The van der Waals surface area contributed by atoms with Crippen LogP contribution in [0.4, 0.5) is 11.6 Å². The molecule has 2 aliphatic heterocycles. The normalized spacial score (nSPS) is 20.3. The SMILES string of the molecule is CN1CCN(c2ccc(CN3C(=O)C4(CCCCC4)n4c3nc3ccccc3c4=O)cc2)CC1. The molecule has 1 saturated heterocycles. The second kappa shape index (κ2) is 8.24. The molecular weight excluding hydrogens is 426 g/mol. The van der Waals surface area contributed by atoms with E-state index in [9.17, 15) is 9.59 Å². The maximum Gasteiger partial charge on any atom is 0.263 e. The van der Waals surface area contributed by atoms with E-state index in [1.165, 1.54) is 5.69 Å². The lowest BCUT2D eigenvalue weighted by atomic mass is 9.81. The van der Waals surface area contributed by atoms with Gasteiger partial charge in [0.25, 0.3) is 11.5 Å². The van der Waals surface area contributed by atoms with Gasteiger partial charge in [-0.1, -0.05) is 43.5 Å². The van der Waals surface area contributed by atoms with Gasteiger partial charge in [-0.15, -0.1) is 0 Å². The molecule has 2 fully saturated rings. The maximum absolute atomic E-state index is 13.9. The Balaban J connectivity index is 1.36. The summed E-state index contributed by atoms with van der Waals surface area (Å²) in [6.07, 6.45) is 4.43. The molecule has 3 heterocycles. The van der Waals surface area contributed by atoms with Gasteiger partial charge < -0.3 is 9.80 Å². The third-order valence-corrected chi connectivity index (χ3v) is 7.90. The van der Waals surface area contributed by atoms with Crippen LogP contribution in [0, 0.1) is 0 Å². The number of para-hydroxylation sites is 1. The molecular formula is C27H31N5O2. The third-order valence-electron chi connectivity index (χ3n) is 7.90. The minimum atomic E-state index is -0.790. The van der Waals surface area contributed by atoms with E-state index in [0.717, 1.165) is 51.0 Å². The lowest BCUT2D eigenvalue weighted by molar-refractivity contribution is -0.127. The highest BCUT2D eigenvalue weighted by atomic mass is 16.2. The zero-order valence-corrected chi connectivity index (χ0v) is 19.7. The minimum Gasteiger partial charge on any atom is -0.369 e. The van der Waals surface area contributed by atoms with Gasteiger partial charge in [-0.2, -0.15) is 0 Å². The first kappa shape index (κ1) is 21.4. The van der Waals surface area contributed by atoms with E-state index in [4.69, 9.17) is 4.98 Å². The van der Waals surface area contributed by atoms with Crippen molar-refractivity contribution in [3.8, 4) is 0 Å². The average Bonchev–Trinajstić information content (AvgIpc) is 3.08.